The molecule has 1 aromatic rings. The SMILES string of the molecule is COC(=O)CSCCOc1ccc(Br)cc1. The Bertz CT molecular complexity index is 327. The zero-order chi connectivity index (χ0) is 11.8. The van der Waals surface area contributed by atoms with E-state index in [0.717, 1.165) is 16.0 Å². The first-order chi connectivity index (χ1) is 7.72. The lowest BCUT2D eigenvalue weighted by atomic mass is 10.3. The highest BCUT2D eigenvalue weighted by molar-refractivity contribution is 9.10. The van der Waals surface area contributed by atoms with Crippen molar-refractivity contribution in [2.24, 2.45) is 0 Å². The van der Waals surface area contributed by atoms with Gasteiger partial charge in [-0.1, -0.05) is 15.9 Å². The molecule has 1 aromatic carbocycles. The molecule has 5 heteroatoms. The van der Waals surface area contributed by atoms with Gasteiger partial charge in [-0.2, -0.15) is 0 Å². The second kappa shape index (κ2) is 7.57. The third-order valence-electron chi connectivity index (χ3n) is 1.76. The van der Waals surface area contributed by atoms with Crippen LogP contribution in [0.5, 0.6) is 5.75 Å². The molecular formula is C11H13BrO3S. The number of carbonyl (C=O) groups excluding carboxylic acids is 1. The van der Waals surface area contributed by atoms with Gasteiger partial charge in [-0.3, -0.25) is 4.79 Å². The van der Waals surface area contributed by atoms with Crippen LogP contribution in [0, 0.1) is 0 Å². The first-order valence-corrected chi connectivity index (χ1v) is 6.70. The minimum atomic E-state index is -0.200. The Hall–Kier alpha value is -0.680. The summed E-state index contributed by atoms with van der Waals surface area (Å²) >= 11 is 4.85. The van der Waals surface area contributed by atoms with E-state index in [1.54, 1.807) is 0 Å². The van der Waals surface area contributed by atoms with Gasteiger partial charge in [0.2, 0.25) is 0 Å². The molecule has 0 bridgehead atoms. The minimum Gasteiger partial charge on any atom is -0.493 e. The summed E-state index contributed by atoms with van der Waals surface area (Å²) in [5.74, 6) is 1.78. The van der Waals surface area contributed by atoms with Gasteiger partial charge in [0.25, 0.3) is 0 Å². The second-order valence-electron chi connectivity index (χ2n) is 2.93. The van der Waals surface area contributed by atoms with Crippen molar-refractivity contribution in [3.05, 3.63) is 28.7 Å². The molecule has 0 aliphatic rings. The molecule has 0 fully saturated rings. The van der Waals surface area contributed by atoms with Gasteiger partial charge in [0.05, 0.1) is 19.5 Å². The maximum atomic E-state index is 10.8. The molecule has 0 saturated heterocycles. The molecule has 0 heterocycles. The molecule has 0 unspecified atom stereocenters. The molecule has 16 heavy (non-hydrogen) atoms. The van der Waals surface area contributed by atoms with Gasteiger partial charge in [-0.25, -0.2) is 0 Å². The zero-order valence-electron chi connectivity index (χ0n) is 8.94. The molecule has 0 radical (unpaired) electrons. The van der Waals surface area contributed by atoms with Crippen molar-refractivity contribution in [3.8, 4) is 5.75 Å². The average Bonchev–Trinajstić information content (AvgIpc) is 2.31. The Balaban J connectivity index is 2.11. The summed E-state index contributed by atoms with van der Waals surface area (Å²) in [5, 5.41) is 0. The van der Waals surface area contributed by atoms with Crippen LogP contribution >= 0.6 is 27.7 Å². The summed E-state index contributed by atoms with van der Waals surface area (Å²) in [7, 11) is 1.39. The van der Waals surface area contributed by atoms with Crippen LogP contribution in [-0.2, 0) is 9.53 Å². The highest BCUT2D eigenvalue weighted by Crippen LogP contribution is 2.16. The van der Waals surface area contributed by atoms with Crippen molar-refractivity contribution in [1.82, 2.24) is 0 Å². The van der Waals surface area contributed by atoms with E-state index in [-0.39, 0.29) is 5.97 Å². The lowest BCUT2D eigenvalue weighted by molar-refractivity contribution is -0.137. The molecule has 0 N–H and O–H groups in total. The first kappa shape index (κ1) is 13.4. The third kappa shape index (κ3) is 5.42. The molecule has 3 nitrogen and oxygen atoms in total. The Morgan fingerprint density at radius 2 is 2.06 bits per heavy atom. The Morgan fingerprint density at radius 3 is 2.69 bits per heavy atom. The van der Waals surface area contributed by atoms with Gasteiger partial charge in [0.1, 0.15) is 5.75 Å². The van der Waals surface area contributed by atoms with Crippen molar-refractivity contribution in [2.75, 3.05) is 25.2 Å². The van der Waals surface area contributed by atoms with E-state index in [9.17, 15) is 4.79 Å². The average molecular weight is 305 g/mol. The number of halogens is 1. The van der Waals surface area contributed by atoms with E-state index in [2.05, 4.69) is 20.7 Å². The molecule has 0 saturated carbocycles. The van der Waals surface area contributed by atoms with E-state index < -0.39 is 0 Å². The summed E-state index contributed by atoms with van der Waals surface area (Å²) in [6.07, 6.45) is 0. The molecule has 88 valence electrons. The number of methoxy groups -OCH3 is 1. The molecule has 0 spiro atoms. The molecule has 0 amide bonds. The number of rotatable bonds is 6. The van der Waals surface area contributed by atoms with E-state index in [4.69, 9.17) is 4.74 Å². The number of hydrogen-bond acceptors (Lipinski definition) is 4. The summed E-state index contributed by atoms with van der Waals surface area (Å²) in [4.78, 5) is 10.8. The standard InChI is InChI=1S/C11H13BrO3S/c1-14-11(13)8-16-7-6-15-10-4-2-9(12)3-5-10/h2-5H,6-8H2,1H3. The zero-order valence-corrected chi connectivity index (χ0v) is 11.3. The van der Waals surface area contributed by atoms with Crippen LogP contribution in [0.15, 0.2) is 28.7 Å². The van der Waals surface area contributed by atoms with Gasteiger partial charge in [0.15, 0.2) is 0 Å². The fourth-order valence-corrected chi connectivity index (χ4v) is 1.86. The van der Waals surface area contributed by atoms with Crippen LogP contribution in [0.2, 0.25) is 0 Å². The molecule has 0 aliphatic heterocycles. The van der Waals surface area contributed by atoms with Gasteiger partial charge in [-0.05, 0) is 24.3 Å². The van der Waals surface area contributed by atoms with Crippen LogP contribution < -0.4 is 4.74 Å². The van der Waals surface area contributed by atoms with Crippen LogP contribution in [0.3, 0.4) is 0 Å². The predicted molar refractivity (Wildman–Crippen MR) is 69.0 cm³/mol. The fourth-order valence-electron chi connectivity index (χ4n) is 0.964. The number of carbonyl (C=O) groups is 1. The number of hydrogen-bond donors (Lipinski definition) is 0. The smallest absolute Gasteiger partial charge is 0.315 e. The normalized spacial score (nSPS) is 9.88. The second-order valence-corrected chi connectivity index (χ2v) is 4.95. The maximum Gasteiger partial charge on any atom is 0.315 e. The van der Waals surface area contributed by atoms with Gasteiger partial charge < -0.3 is 9.47 Å². The van der Waals surface area contributed by atoms with E-state index in [0.29, 0.717) is 12.4 Å². The van der Waals surface area contributed by atoms with Crippen molar-refractivity contribution >= 4 is 33.7 Å². The van der Waals surface area contributed by atoms with Crippen LogP contribution in [0.4, 0.5) is 0 Å². The molecule has 0 atom stereocenters. The number of esters is 1. The van der Waals surface area contributed by atoms with Crippen LogP contribution in [0.25, 0.3) is 0 Å². The van der Waals surface area contributed by atoms with E-state index in [1.807, 2.05) is 24.3 Å². The van der Waals surface area contributed by atoms with E-state index in [1.165, 1.54) is 18.9 Å². The van der Waals surface area contributed by atoms with Crippen molar-refractivity contribution < 1.29 is 14.3 Å². The van der Waals surface area contributed by atoms with Gasteiger partial charge >= 0.3 is 5.97 Å². The first-order valence-electron chi connectivity index (χ1n) is 4.75. The monoisotopic (exact) mass is 304 g/mol. The van der Waals surface area contributed by atoms with Crippen LogP contribution in [0.1, 0.15) is 0 Å². The van der Waals surface area contributed by atoms with Crippen LogP contribution in [-0.4, -0.2) is 31.2 Å². The molecule has 1 rings (SSSR count). The van der Waals surface area contributed by atoms with Crippen molar-refractivity contribution in [1.29, 1.82) is 0 Å². The predicted octanol–water partition coefficient (Wildman–Crippen LogP) is 2.73. The maximum absolute atomic E-state index is 10.8. The summed E-state index contributed by atoms with van der Waals surface area (Å²) in [5.41, 5.74) is 0. The van der Waals surface area contributed by atoms with Gasteiger partial charge in [-0.15, -0.1) is 11.8 Å². The molecule has 0 aliphatic carbocycles. The van der Waals surface area contributed by atoms with E-state index >= 15 is 0 Å². The summed E-state index contributed by atoms with van der Waals surface area (Å²) in [6.45, 7) is 0.587. The summed E-state index contributed by atoms with van der Waals surface area (Å²) < 4.78 is 11.0. The topological polar surface area (TPSA) is 35.5 Å². The highest BCUT2D eigenvalue weighted by atomic mass is 79.9. The Kier molecular flexibility index (Phi) is 6.33. The largest absolute Gasteiger partial charge is 0.493 e. The lowest BCUT2D eigenvalue weighted by Crippen LogP contribution is -2.06. The number of benzene rings is 1. The number of ether oxygens (including phenoxy) is 2. The Labute approximate surface area is 108 Å². The number of thioether (sulfide) groups is 1. The quantitative estimate of drug-likeness (QED) is 0.598. The lowest BCUT2D eigenvalue weighted by Gasteiger charge is -2.05. The van der Waals surface area contributed by atoms with Gasteiger partial charge in [0, 0.05) is 10.2 Å². The molecular weight excluding hydrogens is 292 g/mol. The third-order valence-corrected chi connectivity index (χ3v) is 3.18. The van der Waals surface area contributed by atoms with Crippen molar-refractivity contribution in [2.45, 2.75) is 0 Å². The minimum absolute atomic E-state index is 0.200. The van der Waals surface area contributed by atoms with Crippen molar-refractivity contribution in [3.63, 3.8) is 0 Å². The molecule has 0 aromatic heterocycles. The summed E-state index contributed by atoms with van der Waals surface area (Å²) in [6, 6.07) is 7.65. The highest BCUT2D eigenvalue weighted by Gasteiger charge is 1.99. The Morgan fingerprint density at radius 1 is 1.38 bits per heavy atom. The fraction of sp³-hybridized carbons (Fsp3) is 0.364.